The first-order chi connectivity index (χ1) is 11.8. The molecule has 3 rings (SSSR count). The Morgan fingerprint density at radius 2 is 1.80 bits per heavy atom. The van der Waals surface area contributed by atoms with Gasteiger partial charge in [-0.1, -0.05) is 5.16 Å². The van der Waals surface area contributed by atoms with Gasteiger partial charge in [-0.25, -0.2) is 13.2 Å². The Morgan fingerprint density at radius 3 is 2.36 bits per heavy atom. The van der Waals surface area contributed by atoms with Gasteiger partial charge in [-0.3, -0.25) is 9.59 Å². The van der Waals surface area contributed by atoms with E-state index < -0.39 is 51.9 Å². The van der Waals surface area contributed by atoms with Gasteiger partial charge in [0.2, 0.25) is 5.41 Å². The first-order valence-corrected chi connectivity index (χ1v) is 7.74. The zero-order valence-electron chi connectivity index (χ0n) is 13.9. The van der Waals surface area contributed by atoms with Crippen molar-refractivity contribution in [3.05, 3.63) is 34.1 Å². The topological polar surface area (TPSA) is 65.0 Å². The number of esters is 1. The summed E-state index contributed by atoms with van der Waals surface area (Å²) in [6.07, 6.45) is 1.34. The van der Waals surface area contributed by atoms with Crippen LogP contribution in [0.5, 0.6) is 0 Å². The van der Waals surface area contributed by atoms with Crippen molar-refractivity contribution >= 4 is 18.0 Å². The van der Waals surface area contributed by atoms with E-state index in [9.17, 15) is 22.8 Å². The molecule has 0 N–H and O–H groups in total. The zero-order chi connectivity index (χ0) is 18.5. The molecule has 134 valence electrons. The van der Waals surface area contributed by atoms with Crippen molar-refractivity contribution in [1.82, 2.24) is 0 Å². The van der Waals surface area contributed by atoms with Crippen LogP contribution in [-0.2, 0) is 14.4 Å². The molecule has 25 heavy (non-hydrogen) atoms. The molecule has 8 heteroatoms. The normalized spacial score (nSPS) is 25.0. The molecule has 1 aromatic rings. The van der Waals surface area contributed by atoms with Crippen LogP contribution in [0, 0.1) is 42.6 Å². The lowest BCUT2D eigenvalue weighted by Gasteiger charge is -2.28. The molecule has 2 atom stereocenters. The molecule has 1 heterocycles. The average molecular weight is 355 g/mol. The third kappa shape index (κ3) is 2.34. The number of Topliss-reactive ketones (excluding diaryl/α,β-unsaturated/α-hetero) is 1. The fraction of sp³-hybridized carbons (Fsp3) is 0.471. The summed E-state index contributed by atoms with van der Waals surface area (Å²) in [4.78, 5) is 30.7. The van der Waals surface area contributed by atoms with Gasteiger partial charge in [0.05, 0.1) is 18.9 Å². The van der Waals surface area contributed by atoms with Gasteiger partial charge < -0.3 is 9.57 Å². The molecule has 0 spiro atoms. The Bertz CT molecular complexity index is 775. The highest BCUT2D eigenvalue weighted by atomic mass is 19.2. The lowest BCUT2D eigenvalue weighted by molar-refractivity contribution is -0.151. The standard InChI is InChI=1S/C17H16F3NO4/c1-7-10(13(20)12(19)8(2)11(7)18)14(22)17(16(23)24-3)6-21-25-15(17)9-4-5-9/h6,9,15H,4-5H2,1-3H3. The van der Waals surface area contributed by atoms with E-state index >= 15 is 0 Å². The third-order valence-corrected chi connectivity index (χ3v) is 4.83. The molecule has 1 fully saturated rings. The lowest BCUT2D eigenvalue weighted by atomic mass is 9.74. The van der Waals surface area contributed by atoms with Crippen molar-refractivity contribution in [1.29, 1.82) is 0 Å². The third-order valence-electron chi connectivity index (χ3n) is 4.83. The summed E-state index contributed by atoms with van der Waals surface area (Å²) < 4.78 is 47.4. The number of ketones is 1. The number of ether oxygens (including phenoxy) is 1. The molecule has 1 aromatic carbocycles. The van der Waals surface area contributed by atoms with Crippen molar-refractivity contribution in [2.24, 2.45) is 16.5 Å². The summed E-state index contributed by atoms with van der Waals surface area (Å²) >= 11 is 0. The molecule has 2 unspecified atom stereocenters. The highest BCUT2D eigenvalue weighted by molar-refractivity contribution is 6.24. The van der Waals surface area contributed by atoms with E-state index in [4.69, 9.17) is 9.57 Å². The number of rotatable bonds is 4. The Balaban J connectivity index is 2.21. The molecule has 5 nitrogen and oxygen atoms in total. The van der Waals surface area contributed by atoms with Gasteiger partial charge in [0.15, 0.2) is 23.5 Å². The van der Waals surface area contributed by atoms with Crippen LogP contribution in [0.2, 0.25) is 0 Å². The quantitative estimate of drug-likeness (QED) is 0.361. The predicted molar refractivity (Wildman–Crippen MR) is 80.7 cm³/mol. The fourth-order valence-corrected chi connectivity index (χ4v) is 3.21. The van der Waals surface area contributed by atoms with Gasteiger partial charge in [0, 0.05) is 11.5 Å². The predicted octanol–water partition coefficient (Wildman–Crippen LogP) is 2.86. The maximum atomic E-state index is 14.5. The van der Waals surface area contributed by atoms with E-state index in [-0.39, 0.29) is 11.5 Å². The van der Waals surface area contributed by atoms with Crippen LogP contribution < -0.4 is 0 Å². The lowest BCUT2D eigenvalue weighted by Crippen LogP contribution is -2.50. The number of benzene rings is 1. The zero-order valence-corrected chi connectivity index (χ0v) is 13.9. The summed E-state index contributed by atoms with van der Waals surface area (Å²) in [6.45, 7) is 2.22. The van der Waals surface area contributed by atoms with E-state index in [1.54, 1.807) is 0 Å². The number of hydrogen-bond acceptors (Lipinski definition) is 5. The second-order valence-electron chi connectivity index (χ2n) is 6.35. The Hall–Kier alpha value is -2.38. The molecule has 2 aliphatic rings. The average Bonchev–Trinajstić information content (AvgIpc) is 3.35. The Labute approximate surface area is 141 Å². The number of carbonyl (C=O) groups is 2. The van der Waals surface area contributed by atoms with Crippen LogP contribution in [0.15, 0.2) is 5.16 Å². The summed E-state index contributed by atoms with van der Waals surface area (Å²) in [5.41, 5.74) is -3.79. The molecule has 1 aliphatic carbocycles. The molecule has 0 saturated heterocycles. The van der Waals surface area contributed by atoms with Crippen molar-refractivity contribution in [3.63, 3.8) is 0 Å². The van der Waals surface area contributed by atoms with E-state index in [2.05, 4.69) is 5.16 Å². The van der Waals surface area contributed by atoms with E-state index in [1.165, 1.54) is 0 Å². The molecular weight excluding hydrogens is 339 g/mol. The number of halogens is 3. The van der Waals surface area contributed by atoms with Gasteiger partial charge in [-0.2, -0.15) is 0 Å². The number of hydrogen-bond donors (Lipinski definition) is 0. The molecule has 0 amide bonds. The molecule has 0 bridgehead atoms. The van der Waals surface area contributed by atoms with Crippen molar-refractivity contribution in [3.8, 4) is 0 Å². The fourth-order valence-electron chi connectivity index (χ4n) is 3.21. The SMILES string of the molecule is COC(=O)C1(C(=O)c2c(C)c(F)c(C)c(F)c2F)C=NOC1C1CC1. The summed E-state index contributed by atoms with van der Waals surface area (Å²) in [5.74, 6) is -6.28. The van der Waals surface area contributed by atoms with E-state index in [0.29, 0.717) is 12.8 Å². The number of oxime groups is 1. The minimum absolute atomic E-state index is 0.144. The second kappa shape index (κ2) is 5.86. The summed E-state index contributed by atoms with van der Waals surface area (Å²) in [6, 6.07) is 0. The van der Waals surface area contributed by atoms with Gasteiger partial charge >= 0.3 is 5.97 Å². The van der Waals surface area contributed by atoms with Crippen LogP contribution in [0.4, 0.5) is 13.2 Å². The van der Waals surface area contributed by atoms with Crippen molar-refractivity contribution < 1.29 is 32.3 Å². The second-order valence-corrected chi connectivity index (χ2v) is 6.35. The van der Waals surface area contributed by atoms with Crippen LogP contribution in [0.3, 0.4) is 0 Å². The Morgan fingerprint density at radius 1 is 1.16 bits per heavy atom. The highest BCUT2D eigenvalue weighted by Crippen LogP contribution is 2.47. The van der Waals surface area contributed by atoms with Gasteiger partial charge in [0.1, 0.15) is 5.82 Å². The maximum absolute atomic E-state index is 14.5. The van der Waals surface area contributed by atoms with Gasteiger partial charge in [-0.05, 0) is 32.3 Å². The first-order valence-electron chi connectivity index (χ1n) is 7.74. The monoisotopic (exact) mass is 355 g/mol. The van der Waals surface area contributed by atoms with Crippen LogP contribution in [0.25, 0.3) is 0 Å². The van der Waals surface area contributed by atoms with Crippen LogP contribution in [-0.4, -0.2) is 31.2 Å². The molecule has 1 saturated carbocycles. The smallest absolute Gasteiger partial charge is 0.329 e. The van der Waals surface area contributed by atoms with Crippen LogP contribution >= 0.6 is 0 Å². The van der Waals surface area contributed by atoms with Gasteiger partial charge in [0.25, 0.3) is 0 Å². The Kier molecular flexibility index (Phi) is 4.09. The molecular formula is C17H16F3NO4. The van der Waals surface area contributed by atoms with E-state index in [1.807, 2.05) is 0 Å². The van der Waals surface area contributed by atoms with Gasteiger partial charge in [-0.15, -0.1) is 0 Å². The van der Waals surface area contributed by atoms with E-state index in [0.717, 1.165) is 27.2 Å². The van der Waals surface area contributed by atoms with Crippen LogP contribution in [0.1, 0.15) is 34.3 Å². The molecule has 1 aliphatic heterocycles. The minimum atomic E-state index is -2.06. The summed E-state index contributed by atoms with van der Waals surface area (Å²) in [5, 5.41) is 3.56. The largest absolute Gasteiger partial charge is 0.468 e. The number of nitrogens with zero attached hydrogens (tertiary/aromatic N) is 1. The number of methoxy groups -OCH3 is 1. The van der Waals surface area contributed by atoms with Crippen molar-refractivity contribution in [2.75, 3.05) is 7.11 Å². The highest BCUT2D eigenvalue weighted by Gasteiger charge is 2.62. The molecule has 0 aromatic heterocycles. The van der Waals surface area contributed by atoms with Crippen molar-refractivity contribution in [2.45, 2.75) is 32.8 Å². The summed E-state index contributed by atoms with van der Waals surface area (Å²) in [7, 11) is 1.06. The maximum Gasteiger partial charge on any atom is 0.329 e. The minimum Gasteiger partial charge on any atom is -0.468 e. The molecule has 0 radical (unpaired) electrons. The number of carbonyl (C=O) groups excluding carboxylic acids is 2. The first kappa shape index (κ1) is 17.4.